The summed E-state index contributed by atoms with van der Waals surface area (Å²) in [6.45, 7) is 6.77. The van der Waals surface area contributed by atoms with Crippen LogP contribution < -0.4 is 10.8 Å². The number of benzene rings is 1. The van der Waals surface area contributed by atoms with Crippen molar-refractivity contribution in [3.63, 3.8) is 0 Å². The zero-order valence-electron chi connectivity index (χ0n) is 12.8. The lowest BCUT2D eigenvalue weighted by atomic mass is 9.90. The standard InChI is InChI=1S/C17H25N3O2/c1-2-8-20-11-14-9-15(10-18-16(14)17(20)21)19-22-12-13-6-4-3-5-7-13/h2-7,14-19,21H,1,8-12H2/t14-,15+,16-,17?/m0/s1. The maximum absolute atomic E-state index is 10.3. The van der Waals surface area contributed by atoms with Gasteiger partial charge in [-0.05, 0) is 17.9 Å². The molecular weight excluding hydrogens is 278 g/mol. The second-order valence-corrected chi connectivity index (χ2v) is 6.18. The van der Waals surface area contributed by atoms with Crippen LogP contribution in [0.4, 0.5) is 0 Å². The van der Waals surface area contributed by atoms with Crippen molar-refractivity contribution in [2.75, 3.05) is 19.6 Å². The van der Waals surface area contributed by atoms with E-state index in [9.17, 15) is 5.11 Å². The van der Waals surface area contributed by atoms with Gasteiger partial charge in [0.05, 0.1) is 12.6 Å². The number of likely N-dealkylation sites (tertiary alicyclic amines) is 1. The quantitative estimate of drug-likeness (QED) is 0.538. The van der Waals surface area contributed by atoms with Gasteiger partial charge in [0.15, 0.2) is 0 Å². The molecule has 2 heterocycles. The zero-order valence-corrected chi connectivity index (χ0v) is 12.8. The second-order valence-electron chi connectivity index (χ2n) is 6.18. The summed E-state index contributed by atoms with van der Waals surface area (Å²) in [6.07, 6.45) is 2.45. The van der Waals surface area contributed by atoms with Gasteiger partial charge in [-0.3, -0.25) is 9.74 Å². The molecule has 0 radical (unpaired) electrons. The number of nitrogens with zero attached hydrogens (tertiary/aromatic N) is 1. The minimum absolute atomic E-state index is 0.159. The molecule has 0 aromatic heterocycles. The summed E-state index contributed by atoms with van der Waals surface area (Å²) in [5, 5.41) is 13.7. The summed E-state index contributed by atoms with van der Waals surface area (Å²) in [4.78, 5) is 7.70. The van der Waals surface area contributed by atoms with E-state index < -0.39 is 6.23 Å². The number of aliphatic hydroxyl groups is 1. The number of hydroxylamine groups is 1. The summed E-state index contributed by atoms with van der Waals surface area (Å²) in [5.74, 6) is 0.446. The first-order chi connectivity index (χ1) is 10.8. The Hall–Kier alpha value is -1.24. The number of hydrogen-bond acceptors (Lipinski definition) is 5. The molecule has 1 unspecified atom stereocenters. The summed E-state index contributed by atoms with van der Waals surface area (Å²) in [5.41, 5.74) is 4.32. The minimum Gasteiger partial charge on any atom is -0.377 e. The first-order valence-electron chi connectivity index (χ1n) is 7.95. The van der Waals surface area contributed by atoms with Gasteiger partial charge in [-0.15, -0.1) is 6.58 Å². The molecule has 22 heavy (non-hydrogen) atoms. The molecule has 2 aliphatic rings. The SMILES string of the molecule is C=CCN1C[C@@H]2C[C@@H](NOCc3ccccc3)CN[C@@H]2C1O. The molecule has 4 atom stereocenters. The van der Waals surface area contributed by atoms with Gasteiger partial charge in [0.25, 0.3) is 0 Å². The molecular formula is C17H25N3O2. The molecule has 0 saturated carbocycles. The van der Waals surface area contributed by atoms with E-state index in [-0.39, 0.29) is 12.1 Å². The molecule has 1 aromatic carbocycles. The van der Waals surface area contributed by atoms with Crippen molar-refractivity contribution in [2.45, 2.75) is 31.3 Å². The van der Waals surface area contributed by atoms with Crippen LogP contribution in [0.15, 0.2) is 43.0 Å². The smallest absolute Gasteiger partial charge is 0.123 e. The number of aliphatic hydroxyl groups excluding tert-OH is 1. The van der Waals surface area contributed by atoms with Crippen LogP contribution in [-0.4, -0.2) is 48.0 Å². The van der Waals surface area contributed by atoms with E-state index in [1.165, 1.54) is 0 Å². The van der Waals surface area contributed by atoms with Crippen LogP contribution in [0.25, 0.3) is 0 Å². The molecule has 0 aliphatic carbocycles. The number of fused-ring (bicyclic) bond motifs is 1. The van der Waals surface area contributed by atoms with Crippen molar-refractivity contribution in [3.8, 4) is 0 Å². The zero-order chi connectivity index (χ0) is 15.4. The van der Waals surface area contributed by atoms with E-state index in [2.05, 4.69) is 34.4 Å². The fraction of sp³-hybridized carbons (Fsp3) is 0.529. The van der Waals surface area contributed by atoms with Gasteiger partial charge in [-0.1, -0.05) is 36.4 Å². The first-order valence-corrected chi connectivity index (χ1v) is 7.95. The molecule has 3 rings (SSSR count). The monoisotopic (exact) mass is 303 g/mol. The lowest BCUT2D eigenvalue weighted by Crippen LogP contribution is -2.54. The Bertz CT molecular complexity index is 482. The van der Waals surface area contributed by atoms with Crippen molar-refractivity contribution >= 4 is 0 Å². The fourth-order valence-electron chi connectivity index (χ4n) is 3.47. The van der Waals surface area contributed by atoms with Crippen molar-refractivity contribution in [3.05, 3.63) is 48.6 Å². The first kappa shape index (κ1) is 15.6. The highest BCUT2D eigenvalue weighted by molar-refractivity contribution is 5.13. The van der Waals surface area contributed by atoms with E-state index in [0.717, 1.165) is 31.6 Å². The van der Waals surface area contributed by atoms with E-state index in [1.54, 1.807) is 0 Å². The van der Waals surface area contributed by atoms with E-state index in [0.29, 0.717) is 12.5 Å². The summed E-state index contributed by atoms with van der Waals surface area (Å²) >= 11 is 0. The molecule has 120 valence electrons. The summed E-state index contributed by atoms with van der Waals surface area (Å²) in [6, 6.07) is 10.6. The number of piperidine rings is 1. The van der Waals surface area contributed by atoms with E-state index in [1.807, 2.05) is 24.3 Å². The Balaban J connectivity index is 1.45. The average Bonchev–Trinajstić information content (AvgIpc) is 2.85. The molecule has 2 saturated heterocycles. The van der Waals surface area contributed by atoms with Crippen LogP contribution in [0.2, 0.25) is 0 Å². The Kier molecular flexibility index (Phi) is 5.23. The van der Waals surface area contributed by atoms with Crippen LogP contribution in [0.5, 0.6) is 0 Å². The van der Waals surface area contributed by atoms with E-state index >= 15 is 0 Å². The highest BCUT2D eigenvalue weighted by atomic mass is 16.6. The van der Waals surface area contributed by atoms with Gasteiger partial charge in [0, 0.05) is 25.7 Å². The van der Waals surface area contributed by atoms with Gasteiger partial charge in [0.2, 0.25) is 0 Å². The Labute approximate surface area is 131 Å². The maximum atomic E-state index is 10.3. The molecule has 3 N–H and O–H groups in total. The fourth-order valence-corrected chi connectivity index (χ4v) is 3.47. The van der Waals surface area contributed by atoms with Crippen molar-refractivity contribution in [1.29, 1.82) is 0 Å². The third-order valence-electron chi connectivity index (χ3n) is 4.55. The molecule has 1 aromatic rings. The Morgan fingerprint density at radius 1 is 1.41 bits per heavy atom. The van der Waals surface area contributed by atoms with Gasteiger partial charge in [-0.25, -0.2) is 0 Å². The topological polar surface area (TPSA) is 56.8 Å². The third kappa shape index (κ3) is 3.56. The Morgan fingerprint density at radius 3 is 3.00 bits per heavy atom. The molecule has 0 spiro atoms. The Morgan fingerprint density at radius 2 is 2.23 bits per heavy atom. The average molecular weight is 303 g/mol. The molecule has 2 aliphatic heterocycles. The van der Waals surface area contributed by atoms with Crippen LogP contribution in [0.1, 0.15) is 12.0 Å². The molecule has 5 nitrogen and oxygen atoms in total. The lowest BCUT2D eigenvalue weighted by Gasteiger charge is -2.33. The summed E-state index contributed by atoms with van der Waals surface area (Å²) in [7, 11) is 0. The van der Waals surface area contributed by atoms with Crippen LogP contribution >= 0.6 is 0 Å². The van der Waals surface area contributed by atoms with Gasteiger partial charge in [0.1, 0.15) is 6.23 Å². The van der Waals surface area contributed by atoms with Crippen molar-refractivity contribution in [2.24, 2.45) is 5.92 Å². The van der Waals surface area contributed by atoms with Crippen LogP contribution in [0, 0.1) is 5.92 Å². The van der Waals surface area contributed by atoms with Gasteiger partial charge in [-0.2, -0.15) is 5.48 Å². The third-order valence-corrected chi connectivity index (χ3v) is 4.55. The number of rotatable bonds is 6. The number of nitrogens with one attached hydrogen (secondary N) is 2. The van der Waals surface area contributed by atoms with Gasteiger partial charge >= 0.3 is 0 Å². The minimum atomic E-state index is -0.408. The van der Waals surface area contributed by atoms with Gasteiger partial charge < -0.3 is 10.4 Å². The van der Waals surface area contributed by atoms with Crippen LogP contribution in [0.3, 0.4) is 0 Å². The normalized spacial score (nSPS) is 31.9. The highest BCUT2D eigenvalue weighted by Crippen LogP contribution is 2.28. The van der Waals surface area contributed by atoms with Crippen molar-refractivity contribution in [1.82, 2.24) is 15.7 Å². The summed E-state index contributed by atoms with van der Waals surface area (Å²) < 4.78 is 0. The molecule has 2 fully saturated rings. The highest BCUT2D eigenvalue weighted by Gasteiger charge is 2.43. The predicted octanol–water partition coefficient (Wildman–Crippen LogP) is 0.874. The van der Waals surface area contributed by atoms with Crippen molar-refractivity contribution < 1.29 is 9.94 Å². The molecule has 0 bridgehead atoms. The lowest BCUT2D eigenvalue weighted by molar-refractivity contribution is -0.0161. The largest absolute Gasteiger partial charge is 0.377 e. The maximum Gasteiger partial charge on any atom is 0.123 e. The predicted molar refractivity (Wildman–Crippen MR) is 85.8 cm³/mol. The second kappa shape index (κ2) is 7.35. The van der Waals surface area contributed by atoms with E-state index in [4.69, 9.17) is 4.84 Å². The molecule has 0 amide bonds. The number of hydrogen-bond donors (Lipinski definition) is 3. The van der Waals surface area contributed by atoms with Crippen LogP contribution in [-0.2, 0) is 11.4 Å². The molecule has 5 heteroatoms.